The minimum absolute atomic E-state index is 0.0875. The first-order valence-electron chi connectivity index (χ1n) is 10.2. The summed E-state index contributed by atoms with van der Waals surface area (Å²) in [7, 11) is 3.31. The predicted octanol–water partition coefficient (Wildman–Crippen LogP) is 3.08. The Bertz CT molecular complexity index is 849. The van der Waals surface area contributed by atoms with Gasteiger partial charge in [-0.25, -0.2) is 0 Å². The molecule has 1 fully saturated rings. The SMILES string of the molecule is COc1ccc(C(C)N2CCN(C(=O)CCOc3cccc(O)c3)CC2)c(OC)c1. The lowest BCUT2D eigenvalue weighted by Crippen LogP contribution is -2.49. The summed E-state index contributed by atoms with van der Waals surface area (Å²) >= 11 is 0. The monoisotopic (exact) mass is 414 g/mol. The molecule has 0 radical (unpaired) electrons. The van der Waals surface area contributed by atoms with Crippen molar-refractivity contribution in [2.24, 2.45) is 0 Å². The lowest BCUT2D eigenvalue weighted by Gasteiger charge is -2.38. The molecular weight excluding hydrogens is 384 g/mol. The molecule has 1 atom stereocenters. The van der Waals surface area contributed by atoms with E-state index in [1.807, 2.05) is 23.1 Å². The van der Waals surface area contributed by atoms with Crippen LogP contribution < -0.4 is 14.2 Å². The molecule has 0 saturated carbocycles. The predicted molar refractivity (Wildman–Crippen MR) is 114 cm³/mol. The van der Waals surface area contributed by atoms with Crippen molar-refractivity contribution < 1.29 is 24.1 Å². The largest absolute Gasteiger partial charge is 0.508 e. The van der Waals surface area contributed by atoms with Gasteiger partial charge in [0.2, 0.25) is 5.91 Å². The fraction of sp³-hybridized carbons (Fsp3) is 0.435. The quantitative estimate of drug-likeness (QED) is 0.716. The zero-order valence-electron chi connectivity index (χ0n) is 17.8. The first-order chi connectivity index (χ1) is 14.5. The molecule has 0 bridgehead atoms. The number of aromatic hydroxyl groups is 1. The highest BCUT2D eigenvalue weighted by molar-refractivity contribution is 5.76. The molecule has 2 aromatic carbocycles. The number of nitrogens with zero attached hydrogens (tertiary/aromatic N) is 2. The summed E-state index contributed by atoms with van der Waals surface area (Å²) in [5.41, 5.74) is 1.11. The van der Waals surface area contributed by atoms with Crippen LogP contribution >= 0.6 is 0 Å². The lowest BCUT2D eigenvalue weighted by atomic mass is 10.0. The van der Waals surface area contributed by atoms with Gasteiger partial charge in [-0.2, -0.15) is 0 Å². The molecule has 1 N–H and O–H groups in total. The molecular formula is C23H30N2O5. The topological polar surface area (TPSA) is 71.5 Å². The summed E-state index contributed by atoms with van der Waals surface area (Å²) < 4.78 is 16.4. The summed E-state index contributed by atoms with van der Waals surface area (Å²) in [4.78, 5) is 16.8. The molecule has 0 aliphatic carbocycles. The van der Waals surface area contributed by atoms with E-state index in [4.69, 9.17) is 14.2 Å². The third kappa shape index (κ3) is 5.36. The first-order valence-corrected chi connectivity index (χ1v) is 10.2. The number of ether oxygens (including phenoxy) is 3. The number of piperazine rings is 1. The van der Waals surface area contributed by atoms with E-state index < -0.39 is 0 Å². The molecule has 1 aliphatic rings. The molecule has 7 nitrogen and oxygen atoms in total. The van der Waals surface area contributed by atoms with Crippen LogP contribution in [0.4, 0.5) is 0 Å². The minimum Gasteiger partial charge on any atom is -0.508 e. The number of carbonyl (C=O) groups excluding carboxylic acids is 1. The Morgan fingerprint density at radius 3 is 2.47 bits per heavy atom. The van der Waals surface area contributed by atoms with Crippen LogP contribution in [0.15, 0.2) is 42.5 Å². The molecule has 1 amide bonds. The van der Waals surface area contributed by atoms with E-state index >= 15 is 0 Å². The number of benzene rings is 2. The highest BCUT2D eigenvalue weighted by Crippen LogP contribution is 2.32. The number of carbonyl (C=O) groups is 1. The number of rotatable bonds is 8. The molecule has 1 heterocycles. The van der Waals surface area contributed by atoms with Gasteiger partial charge in [-0.3, -0.25) is 9.69 Å². The average Bonchev–Trinajstić information content (AvgIpc) is 2.78. The molecule has 0 aromatic heterocycles. The van der Waals surface area contributed by atoms with Crippen molar-refractivity contribution in [2.45, 2.75) is 19.4 Å². The van der Waals surface area contributed by atoms with E-state index in [-0.39, 0.29) is 17.7 Å². The summed E-state index contributed by atoms with van der Waals surface area (Å²) in [6.07, 6.45) is 0.317. The summed E-state index contributed by atoms with van der Waals surface area (Å²) in [6.45, 7) is 5.43. The maximum atomic E-state index is 12.5. The van der Waals surface area contributed by atoms with Gasteiger partial charge >= 0.3 is 0 Å². The van der Waals surface area contributed by atoms with Crippen molar-refractivity contribution in [3.05, 3.63) is 48.0 Å². The maximum Gasteiger partial charge on any atom is 0.226 e. The second-order valence-electron chi connectivity index (χ2n) is 7.30. The van der Waals surface area contributed by atoms with Gasteiger partial charge in [0, 0.05) is 49.9 Å². The van der Waals surface area contributed by atoms with Gasteiger partial charge in [0.15, 0.2) is 0 Å². The van der Waals surface area contributed by atoms with Gasteiger partial charge < -0.3 is 24.2 Å². The number of hydrogen-bond donors (Lipinski definition) is 1. The number of hydrogen-bond acceptors (Lipinski definition) is 6. The number of amides is 1. The van der Waals surface area contributed by atoms with E-state index in [0.29, 0.717) is 31.9 Å². The van der Waals surface area contributed by atoms with Crippen LogP contribution in [0.5, 0.6) is 23.0 Å². The van der Waals surface area contributed by atoms with Crippen molar-refractivity contribution in [3.63, 3.8) is 0 Å². The van der Waals surface area contributed by atoms with Crippen molar-refractivity contribution >= 4 is 5.91 Å². The number of phenolic OH excluding ortho intramolecular Hbond substituents is 1. The van der Waals surface area contributed by atoms with Crippen molar-refractivity contribution in [3.8, 4) is 23.0 Å². The van der Waals surface area contributed by atoms with Crippen LogP contribution in [0.1, 0.15) is 24.9 Å². The van der Waals surface area contributed by atoms with Crippen molar-refractivity contribution in [2.75, 3.05) is 47.0 Å². The van der Waals surface area contributed by atoms with Gasteiger partial charge in [-0.05, 0) is 25.1 Å². The Kier molecular flexibility index (Phi) is 7.41. The maximum absolute atomic E-state index is 12.5. The van der Waals surface area contributed by atoms with Gasteiger partial charge in [-0.1, -0.05) is 12.1 Å². The highest BCUT2D eigenvalue weighted by Gasteiger charge is 2.26. The van der Waals surface area contributed by atoms with Crippen LogP contribution in [0.25, 0.3) is 0 Å². The van der Waals surface area contributed by atoms with E-state index in [2.05, 4.69) is 11.8 Å². The second-order valence-corrected chi connectivity index (χ2v) is 7.30. The zero-order valence-corrected chi connectivity index (χ0v) is 17.8. The Morgan fingerprint density at radius 2 is 1.80 bits per heavy atom. The fourth-order valence-corrected chi connectivity index (χ4v) is 3.71. The molecule has 30 heavy (non-hydrogen) atoms. The number of phenols is 1. The Balaban J connectivity index is 1.48. The molecule has 1 aliphatic heterocycles. The van der Waals surface area contributed by atoms with Crippen molar-refractivity contribution in [1.82, 2.24) is 9.80 Å². The van der Waals surface area contributed by atoms with Crippen LogP contribution in [0.2, 0.25) is 0 Å². The van der Waals surface area contributed by atoms with E-state index in [9.17, 15) is 9.90 Å². The van der Waals surface area contributed by atoms with Gasteiger partial charge in [0.05, 0.1) is 27.2 Å². The Hall–Kier alpha value is -2.93. The van der Waals surface area contributed by atoms with E-state index in [1.54, 1.807) is 32.4 Å². The van der Waals surface area contributed by atoms with Crippen LogP contribution in [0, 0.1) is 0 Å². The Labute approximate surface area is 177 Å². The molecule has 162 valence electrons. The van der Waals surface area contributed by atoms with Crippen molar-refractivity contribution in [1.29, 1.82) is 0 Å². The third-order valence-electron chi connectivity index (χ3n) is 5.51. The average molecular weight is 415 g/mol. The van der Waals surface area contributed by atoms with E-state index in [0.717, 1.165) is 30.2 Å². The highest BCUT2D eigenvalue weighted by atomic mass is 16.5. The fourth-order valence-electron chi connectivity index (χ4n) is 3.71. The summed E-state index contributed by atoms with van der Waals surface area (Å²) in [6, 6.07) is 12.7. The number of methoxy groups -OCH3 is 2. The van der Waals surface area contributed by atoms with Crippen LogP contribution in [-0.4, -0.2) is 67.8 Å². The van der Waals surface area contributed by atoms with E-state index in [1.165, 1.54) is 6.07 Å². The first kappa shape index (κ1) is 21.8. The zero-order chi connectivity index (χ0) is 21.5. The second kappa shape index (κ2) is 10.2. The normalized spacial score (nSPS) is 15.5. The molecule has 2 aromatic rings. The van der Waals surface area contributed by atoms with Gasteiger partial charge in [0.25, 0.3) is 0 Å². The molecule has 1 unspecified atom stereocenters. The van der Waals surface area contributed by atoms with Gasteiger partial charge in [-0.15, -0.1) is 0 Å². The lowest BCUT2D eigenvalue weighted by molar-refractivity contribution is -0.133. The van der Waals surface area contributed by atoms with Crippen LogP contribution in [-0.2, 0) is 4.79 Å². The summed E-state index contributed by atoms with van der Waals surface area (Å²) in [5.74, 6) is 2.38. The third-order valence-corrected chi connectivity index (χ3v) is 5.51. The minimum atomic E-state index is 0.0875. The van der Waals surface area contributed by atoms with Crippen LogP contribution in [0.3, 0.4) is 0 Å². The summed E-state index contributed by atoms with van der Waals surface area (Å²) in [5, 5.41) is 9.46. The molecule has 0 spiro atoms. The van der Waals surface area contributed by atoms with Gasteiger partial charge in [0.1, 0.15) is 23.0 Å². The Morgan fingerprint density at radius 1 is 1.03 bits per heavy atom. The molecule has 7 heteroatoms. The standard InChI is InChI=1S/C23H30N2O5/c1-17(21-8-7-19(28-2)16-22(21)29-3)24-10-12-25(13-11-24)23(27)9-14-30-20-6-4-5-18(26)15-20/h4-8,15-17,26H,9-14H2,1-3H3. The smallest absolute Gasteiger partial charge is 0.226 e. The molecule has 1 saturated heterocycles. The molecule has 3 rings (SSSR count).